The summed E-state index contributed by atoms with van der Waals surface area (Å²) in [5.74, 6) is -1.37. The molecule has 1 aliphatic heterocycles. The second-order valence-electron chi connectivity index (χ2n) is 10.4. The van der Waals surface area contributed by atoms with Crippen molar-refractivity contribution in [3.05, 3.63) is 107 Å². The Morgan fingerprint density at radius 1 is 0.974 bits per heavy atom. The van der Waals surface area contributed by atoms with Crippen LogP contribution in [0.2, 0.25) is 0 Å². The molecule has 3 nitrogen and oxygen atoms in total. The van der Waals surface area contributed by atoms with Crippen molar-refractivity contribution in [3.63, 3.8) is 0 Å². The van der Waals surface area contributed by atoms with Gasteiger partial charge in [-0.1, -0.05) is 50.2 Å². The summed E-state index contributed by atoms with van der Waals surface area (Å²) in [6, 6.07) is 17.1. The molecule has 4 rings (SSSR count). The fourth-order valence-electron chi connectivity index (χ4n) is 5.20. The molecule has 1 heterocycles. The fourth-order valence-corrected chi connectivity index (χ4v) is 5.20. The monoisotopic (exact) mass is 530 g/mol. The summed E-state index contributed by atoms with van der Waals surface area (Å²) in [5.41, 5.74) is 0.684. The Kier molecular flexibility index (Phi) is 8.51. The summed E-state index contributed by atoms with van der Waals surface area (Å²) >= 11 is 0. The van der Waals surface area contributed by atoms with Crippen molar-refractivity contribution in [2.24, 2.45) is 11.8 Å². The number of nitrogens with zero attached hydrogens (tertiary/aromatic N) is 2. The highest BCUT2D eigenvalue weighted by Crippen LogP contribution is 2.37. The second kappa shape index (κ2) is 11.6. The lowest BCUT2D eigenvalue weighted by molar-refractivity contribution is -0.137. The number of alkyl halides is 3. The van der Waals surface area contributed by atoms with Crippen molar-refractivity contribution in [2.75, 3.05) is 26.2 Å². The maximum absolute atomic E-state index is 14.4. The summed E-state index contributed by atoms with van der Waals surface area (Å²) in [7, 11) is 0. The Labute approximate surface area is 219 Å². The van der Waals surface area contributed by atoms with Crippen LogP contribution in [0.3, 0.4) is 0 Å². The van der Waals surface area contributed by atoms with Gasteiger partial charge in [0.1, 0.15) is 11.6 Å². The van der Waals surface area contributed by atoms with Gasteiger partial charge in [0.05, 0.1) is 5.56 Å². The first-order valence-electron chi connectivity index (χ1n) is 12.7. The molecule has 3 aromatic carbocycles. The first kappa shape index (κ1) is 27.8. The minimum Gasteiger partial charge on any atom is -0.338 e. The van der Waals surface area contributed by atoms with Gasteiger partial charge in [-0.15, -0.1) is 0 Å². The number of benzene rings is 3. The SMILES string of the molecule is CC(C)CN(CC1CN(Cc2ccccc2F)CC1c1cccc(C(F)(F)F)c1)C(=O)c1ccc(F)cc1. The lowest BCUT2D eigenvalue weighted by Crippen LogP contribution is -2.39. The van der Waals surface area contributed by atoms with Crippen LogP contribution in [0.15, 0.2) is 72.8 Å². The molecule has 0 radical (unpaired) electrons. The summed E-state index contributed by atoms with van der Waals surface area (Å²) in [6.45, 7) is 5.94. The van der Waals surface area contributed by atoms with Crippen LogP contribution in [0.25, 0.3) is 0 Å². The van der Waals surface area contributed by atoms with Crippen molar-refractivity contribution in [3.8, 4) is 0 Å². The standard InChI is InChI=1S/C30H31F5N2O/c1-20(2)15-37(29(38)21-10-12-26(31)13-11-21)18-24-17-36(16-23-6-3-4-9-28(23)32)19-27(24)22-7-5-8-25(14-22)30(33,34)35/h3-14,20,24,27H,15-19H2,1-2H3. The van der Waals surface area contributed by atoms with Gasteiger partial charge in [-0.05, 0) is 53.8 Å². The van der Waals surface area contributed by atoms with Gasteiger partial charge in [0.25, 0.3) is 5.91 Å². The normalized spacial score (nSPS) is 18.2. The molecule has 0 spiro atoms. The van der Waals surface area contributed by atoms with E-state index in [0.29, 0.717) is 49.4 Å². The zero-order chi connectivity index (χ0) is 27.4. The van der Waals surface area contributed by atoms with Crippen LogP contribution in [0.1, 0.15) is 46.8 Å². The second-order valence-corrected chi connectivity index (χ2v) is 10.4. The van der Waals surface area contributed by atoms with Gasteiger partial charge in [0, 0.05) is 49.8 Å². The molecule has 1 fully saturated rings. The molecule has 0 N–H and O–H groups in total. The van der Waals surface area contributed by atoms with E-state index in [4.69, 9.17) is 0 Å². The topological polar surface area (TPSA) is 23.6 Å². The first-order chi connectivity index (χ1) is 18.0. The molecule has 1 saturated heterocycles. The third kappa shape index (κ3) is 6.78. The molecule has 0 aliphatic carbocycles. The molecule has 1 aliphatic rings. The van der Waals surface area contributed by atoms with E-state index in [0.717, 1.165) is 6.07 Å². The lowest BCUT2D eigenvalue weighted by Gasteiger charge is -2.30. The predicted molar refractivity (Wildman–Crippen MR) is 136 cm³/mol. The molecule has 0 bridgehead atoms. The highest BCUT2D eigenvalue weighted by molar-refractivity contribution is 5.94. The molecule has 202 valence electrons. The van der Waals surface area contributed by atoms with Crippen molar-refractivity contribution in [1.29, 1.82) is 0 Å². The lowest BCUT2D eigenvalue weighted by atomic mass is 9.87. The van der Waals surface area contributed by atoms with Crippen molar-refractivity contribution >= 4 is 5.91 Å². The Morgan fingerprint density at radius 2 is 1.68 bits per heavy atom. The molecule has 8 heteroatoms. The minimum atomic E-state index is -4.47. The van der Waals surface area contributed by atoms with Crippen molar-refractivity contribution in [2.45, 2.75) is 32.5 Å². The van der Waals surface area contributed by atoms with E-state index in [1.807, 2.05) is 18.7 Å². The summed E-state index contributed by atoms with van der Waals surface area (Å²) in [5, 5.41) is 0. The van der Waals surface area contributed by atoms with E-state index in [-0.39, 0.29) is 29.5 Å². The summed E-state index contributed by atoms with van der Waals surface area (Å²) < 4.78 is 68.4. The van der Waals surface area contributed by atoms with Gasteiger partial charge < -0.3 is 4.90 Å². The molecule has 1 amide bonds. The van der Waals surface area contributed by atoms with E-state index in [2.05, 4.69) is 0 Å². The Balaban J connectivity index is 1.64. The van der Waals surface area contributed by atoms with Gasteiger partial charge in [0.2, 0.25) is 0 Å². The number of amides is 1. The van der Waals surface area contributed by atoms with Crippen LogP contribution in [0.4, 0.5) is 22.0 Å². The highest BCUT2D eigenvalue weighted by Gasteiger charge is 2.38. The molecule has 38 heavy (non-hydrogen) atoms. The minimum absolute atomic E-state index is 0.141. The molecule has 2 atom stereocenters. The Morgan fingerprint density at radius 3 is 2.34 bits per heavy atom. The quantitative estimate of drug-likeness (QED) is 0.293. The average molecular weight is 531 g/mol. The number of rotatable bonds is 8. The third-order valence-corrected chi connectivity index (χ3v) is 6.93. The third-order valence-electron chi connectivity index (χ3n) is 6.93. The van der Waals surface area contributed by atoms with Gasteiger partial charge in [-0.2, -0.15) is 13.2 Å². The number of likely N-dealkylation sites (tertiary alicyclic amines) is 1. The fraction of sp³-hybridized carbons (Fsp3) is 0.367. The van der Waals surface area contributed by atoms with E-state index in [1.165, 1.54) is 42.5 Å². The maximum atomic E-state index is 14.4. The number of carbonyl (C=O) groups is 1. The Hall–Kier alpha value is -3.26. The summed E-state index contributed by atoms with van der Waals surface area (Å²) in [4.78, 5) is 17.2. The largest absolute Gasteiger partial charge is 0.416 e. The van der Waals surface area contributed by atoms with Crippen molar-refractivity contribution < 1.29 is 26.7 Å². The average Bonchev–Trinajstić information content (AvgIpc) is 3.26. The number of halogens is 5. The van der Waals surface area contributed by atoms with E-state index < -0.39 is 17.6 Å². The summed E-state index contributed by atoms with van der Waals surface area (Å²) in [6.07, 6.45) is -4.47. The van der Waals surface area contributed by atoms with Crippen molar-refractivity contribution in [1.82, 2.24) is 9.80 Å². The predicted octanol–water partition coefficient (Wildman–Crippen LogP) is 7.00. The van der Waals surface area contributed by atoms with Gasteiger partial charge >= 0.3 is 6.18 Å². The maximum Gasteiger partial charge on any atom is 0.416 e. The molecular formula is C30H31F5N2O. The number of hydrogen-bond acceptors (Lipinski definition) is 2. The highest BCUT2D eigenvalue weighted by atomic mass is 19.4. The van der Waals surface area contributed by atoms with Gasteiger partial charge in [-0.3, -0.25) is 9.69 Å². The van der Waals surface area contributed by atoms with E-state index in [1.54, 1.807) is 29.2 Å². The first-order valence-corrected chi connectivity index (χ1v) is 12.7. The van der Waals surface area contributed by atoms with Crippen LogP contribution in [0.5, 0.6) is 0 Å². The van der Waals surface area contributed by atoms with E-state index >= 15 is 0 Å². The molecule has 2 unspecified atom stereocenters. The molecular weight excluding hydrogens is 499 g/mol. The van der Waals surface area contributed by atoms with Gasteiger partial charge in [0.15, 0.2) is 0 Å². The van der Waals surface area contributed by atoms with Gasteiger partial charge in [-0.25, -0.2) is 8.78 Å². The van der Waals surface area contributed by atoms with Crippen LogP contribution in [-0.2, 0) is 12.7 Å². The van der Waals surface area contributed by atoms with Crippen LogP contribution < -0.4 is 0 Å². The van der Waals surface area contributed by atoms with Crippen LogP contribution >= 0.6 is 0 Å². The molecule has 3 aromatic rings. The van der Waals surface area contributed by atoms with Crippen LogP contribution in [0, 0.1) is 23.5 Å². The molecule has 0 saturated carbocycles. The zero-order valence-electron chi connectivity index (χ0n) is 21.4. The number of hydrogen-bond donors (Lipinski definition) is 0. The van der Waals surface area contributed by atoms with E-state index in [9.17, 15) is 26.7 Å². The van der Waals surface area contributed by atoms with Crippen LogP contribution in [-0.4, -0.2) is 41.9 Å². The zero-order valence-corrected chi connectivity index (χ0v) is 21.4. The number of carbonyl (C=O) groups excluding carboxylic acids is 1. The Bertz CT molecular complexity index is 1240. The molecule has 0 aromatic heterocycles. The smallest absolute Gasteiger partial charge is 0.338 e.